The van der Waals surface area contributed by atoms with Gasteiger partial charge in [-0.15, -0.1) is 0 Å². The highest BCUT2D eigenvalue weighted by atomic mass is 16.5. The quantitative estimate of drug-likeness (QED) is 0.0488. The summed E-state index contributed by atoms with van der Waals surface area (Å²) in [6.45, 7) is 13.7. The predicted octanol–water partition coefficient (Wildman–Crippen LogP) is 13.9. The first-order valence-corrected chi connectivity index (χ1v) is 24.8. The van der Waals surface area contributed by atoms with E-state index in [0.717, 1.165) is 90.1 Å². The molecule has 7 heteroatoms. The van der Waals surface area contributed by atoms with Crippen LogP contribution < -0.4 is 0 Å². The molecule has 0 aliphatic heterocycles. The Morgan fingerprint density at radius 2 is 0.767 bits per heavy atom. The van der Waals surface area contributed by atoms with Crippen molar-refractivity contribution < 1.29 is 28.5 Å². The number of esters is 2. The topological polar surface area (TPSA) is 74.3 Å². The summed E-state index contributed by atoms with van der Waals surface area (Å²) in [4.78, 5) is 28.6. The molecule has 2 rings (SSSR count). The van der Waals surface area contributed by atoms with E-state index in [4.69, 9.17) is 18.9 Å². The average Bonchev–Trinajstić information content (AvgIpc) is 3.26. The van der Waals surface area contributed by atoms with Crippen molar-refractivity contribution in [3.8, 4) is 0 Å². The molecule has 0 heterocycles. The number of hydrogen-bond donors (Lipinski definition) is 0. The van der Waals surface area contributed by atoms with E-state index in [-0.39, 0.29) is 29.8 Å². The number of carbonyl (C=O) groups excluding carboxylic acids is 2. The predicted molar refractivity (Wildman–Crippen MR) is 250 cm³/mol. The summed E-state index contributed by atoms with van der Waals surface area (Å²) in [5, 5.41) is 0. The van der Waals surface area contributed by atoms with Gasteiger partial charge in [-0.25, -0.2) is 0 Å². The monoisotopic (exact) mass is 836 g/mol. The molecule has 0 aliphatic rings. The molecular weight excluding hydrogens is 747 g/mol. The average molecular weight is 836 g/mol. The highest BCUT2D eigenvalue weighted by molar-refractivity contribution is 5.72. The second kappa shape index (κ2) is 38.0. The van der Waals surface area contributed by atoms with Crippen LogP contribution >= 0.6 is 0 Å². The summed E-state index contributed by atoms with van der Waals surface area (Å²) in [7, 11) is 0. The van der Waals surface area contributed by atoms with Crippen LogP contribution in [0.1, 0.15) is 193 Å². The Balaban J connectivity index is 1.90. The molecule has 7 nitrogen and oxygen atoms in total. The number of ether oxygens (including phenoxy) is 4. The molecule has 0 amide bonds. The fraction of sp³-hybridized carbons (Fsp3) is 0.736. The Morgan fingerprint density at radius 3 is 1.10 bits per heavy atom. The molecule has 0 aliphatic carbocycles. The van der Waals surface area contributed by atoms with Crippen molar-refractivity contribution >= 4 is 11.9 Å². The Bertz CT molecular complexity index is 1140. The van der Waals surface area contributed by atoms with Crippen molar-refractivity contribution in [2.45, 2.75) is 201 Å². The molecule has 0 bridgehead atoms. The van der Waals surface area contributed by atoms with E-state index in [9.17, 15) is 9.59 Å². The van der Waals surface area contributed by atoms with E-state index < -0.39 is 0 Å². The third kappa shape index (κ3) is 27.3. The van der Waals surface area contributed by atoms with Crippen LogP contribution in [0, 0.1) is 11.8 Å². The number of rotatable bonds is 41. The second-order valence-corrected chi connectivity index (χ2v) is 17.2. The zero-order valence-corrected chi connectivity index (χ0v) is 39.0. The summed E-state index contributed by atoms with van der Waals surface area (Å²) < 4.78 is 24.4. The first kappa shape index (κ1) is 53.4. The van der Waals surface area contributed by atoms with Gasteiger partial charge in [-0.05, 0) is 62.5 Å². The summed E-state index contributed by atoms with van der Waals surface area (Å²) in [5.74, 6) is 0.0650. The van der Waals surface area contributed by atoms with Gasteiger partial charge in [0.2, 0.25) is 0 Å². The second-order valence-electron chi connectivity index (χ2n) is 17.2. The Labute approximate surface area is 368 Å². The minimum absolute atomic E-state index is 0.00319. The smallest absolute Gasteiger partial charge is 0.308 e. The molecule has 0 spiro atoms. The number of benzene rings is 2. The molecule has 0 saturated carbocycles. The fourth-order valence-electron chi connectivity index (χ4n) is 7.87. The van der Waals surface area contributed by atoms with E-state index in [0.29, 0.717) is 39.6 Å². The van der Waals surface area contributed by atoms with Crippen molar-refractivity contribution in [1.82, 2.24) is 4.90 Å². The van der Waals surface area contributed by atoms with E-state index in [1.54, 1.807) is 0 Å². The molecule has 0 unspecified atom stereocenters. The SMILES string of the molecule is CCCCCCC(CCCCCC)C(=O)OCCCCOCC(COCCCCOC(=O)C(CCCCCC)CCCCCC)N(Cc1ccccc1)Cc1ccccc1. The van der Waals surface area contributed by atoms with Gasteiger partial charge in [0, 0.05) is 26.3 Å². The number of nitrogens with zero attached hydrogens (tertiary/aromatic N) is 1. The maximum Gasteiger partial charge on any atom is 0.308 e. The van der Waals surface area contributed by atoms with Crippen molar-refractivity contribution in [3.05, 3.63) is 71.8 Å². The fourth-order valence-corrected chi connectivity index (χ4v) is 7.87. The van der Waals surface area contributed by atoms with Crippen molar-refractivity contribution in [2.24, 2.45) is 11.8 Å². The standard InChI is InChI=1S/C53H89NO6/c1-5-9-13-23-35-49(36-24-14-10-6-2)52(55)59-41-29-27-39-57-45-51(54(43-47-31-19-17-20-32-47)44-48-33-21-18-22-34-48)46-58-40-28-30-42-60-53(56)50(37-25-15-11-7-3)38-26-16-12-8-4/h17-22,31-34,49-51H,5-16,23-30,35-46H2,1-4H3. The Hall–Kier alpha value is -2.74. The summed E-state index contributed by atoms with van der Waals surface area (Å²) >= 11 is 0. The van der Waals surface area contributed by atoms with Gasteiger partial charge in [0.15, 0.2) is 0 Å². The summed E-state index contributed by atoms with van der Waals surface area (Å²) in [6.07, 6.45) is 26.1. The largest absolute Gasteiger partial charge is 0.465 e. The first-order chi connectivity index (χ1) is 29.5. The van der Waals surface area contributed by atoms with Gasteiger partial charge >= 0.3 is 11.9 Å². The third-order valence-corrected chi connectivity index (χ3v) is 11.7. The van der Waals surface area contributed by atoms with Crippen LogP contribution in [0.3, 0.4) is 0 Å². The van der Waals surface area contributed by atoms with Gasteiger partial charge < -0.3 is 18.9 Å². The minimum Gasteiger partial charge on any atom is -0.465 e. The van der Waals surface area contributed by atoms with Crippen molar-refractivity contribution in [2.75, 3.05) is 39.6 Å². The molecule has 60 heavy (non-hydrogen) atoms. The van der Waals surface area contributed by atoms with Crippen LogP contribution in [-0.2, 0) is 41.6 Å². The highest BCUT2D eigenvalue weighted by Gasteiger charge is 2.22. The molecule has 342 valence electrons. The van der Waals surface area contributed by atoms with Gasteiger partial charge in [-0.1, -0.05) is 191 Å². The maximum absolute atomic E-state index is 13.1. The normalized spacial score (nSPS) is 11.7. The molecule has 2 aromatic rings. The van der Waals surface area contributed by atoms with Crippen LogP contribution in [0.5, 0.6) is 0 Å². The molecule has 0 N–H and O–H groups in total. The van der Waals surface area contributed by atoms with Crippen molar-refractivity contribution in [3.63, 3.8) is 0 Å². The first-order valence-electron chi connectivity index (χ1n) is 24.8. The lowest BCUT2D eigenvalue weighted by molar-refractivity contribution is -0.150. The summed E-state index contributed by atoms with van der Waals surface area (Å²) in [5.41, 5.74) is 2.51. The molecule has 0 atom stereocenters. The molecule has 2 aromatic carbocycles. The van der Waals surface area contributed by atoms with Crippen LogP contribution in [0.4, 0.5) is 0 Å². The molecule has 0 fully saturated rings. The summed E-state index contributed by atoms with van der Waals surface area (Å²) in [6, 6.07) is 21.3. The van der Waals surface area contributed by atoms with Gasteiger partial charge in [0.05, 0.1) is 44.3 Å². The lowest BCUT2D eigenvalue weighted by atomic mass is 9.94. The molecule has 0 saturated heterocycles. The molecule has 0 aromatic heterocycles. The lowest BCUT2D eigenvalue weighted by Gasteiger charge is -2.32. The minimum atomic E-state index is -0.00319. The molecule has 0 radical (unpaired) electrons. The van der Waals surface area contributed by atoms with Gasteiger partial charge in [0.25, 0.3) is 0 Å². The Morgan fingerprint density at radius 1 is 0.433 bits per heavy atom. The van der Waals surface area contributed by atoms with Crippen LogP contribution in [0.15, 0.2) is 60.7 Å². The van der Waals surface area contributed by atoms with E-state index in [2.05, 4.69) is 93.3 Å². The highest BCUT2D eigenvalue weighted by Crippen LogP contribution is 2.22. The van der Waals surface area contributed by atoms with Crippen molar-refractivity contribution in [1.29, 1.82) is 0 Å². The van der Waals surface area contributed by atoms with Gasteiger partial charge in [-0.2, -0.15) is 0 Å². The van der Waals surface area contributed by atoms with Crippen LogP contribution in [0.25, 0.3) is 0 Å². The number of carbonyl (C=O) groups is 2. The number of unbranched alkanes of at least 4 members (excludes halogenated alkanes) is 14. The lowest BCUT2D eigenvalue weighted by Crippen LogP contribution is -2.41. The number of hydrogen-bond acceptors (Lipinski definition) is 7. The maximum atomic E-state index is 13.1. The third-order valence-electron chi connectivity index (χ3n) is 11.7. The van der Waals surface area contributed by atoms with E-state index in [1.165, 1.54) is 88.2 Å². The zero-order chi connectivity index (χ0) is 43.1. The van der Waals surface area contributed by atoms with E-state index >= 15 is 0 Å². The Kier molecular flexibility index (Phi) is 33.8. The van der Waals surface area contributed by atoms with Crippen LogP contribution in [-0.4, -0.2) is 62.5 Å². The van der Waals surface area contributed by atoms with Gasteiger partial charge in [0.1, 0.15) is 0 Å². The van der Waals surface area contributed by atoms with E-state index in [1.807, 2.05) is 0 Å². The van der Waals surface area contributed by atoms with Gasteiger partial charge in [-0.3, -0.25) is 14.5 Å². The van der Waals surface area contributed by atoms with Crippen LogP contribution in [0.2, 0.25) is 0 Å². The zero-order valence-electron chi connectivity index (χ0n) is 39.0. The molecular formula is C53H89NO6.